The second-order valence-corrected chi connectivity index (χ2v) is 6.27. The first kappa shape index (κ1) is 17.1. The number of halogens is 2. The average molecular weight is 357 g/mol. The van der Waals surface area contributed by atoms with Gasteiger partial charge in [-0.25, -0.2) is 0 Å². The number of nitrogens with one attached hydrogen (secondary N) is 2. The molecule has 1 heterocycles. The molecule has 0 fully saturated rings. The maximum atomic E-state index is 5.99. The molecule has 22 heavy (non-hydrogen) atoms. The monoisotopic (exact) mass is 356 g/mol. The Kier molecular flexibility index (Phi) is 6.06. The van der Waals surface area contributed by atoms with Crippen LogP contribution in [0.1, 0.15) is 17.7 Å². The lowest BCUT2D eigenvalue weighted by atomic mass is 10.2. The summed E-state index contributed by atoms with van der Waals surface area (Å²) in [6.07, 6.45) is 2.73. The highest BCUT2D eigenvalue weighted by Gasteiger charge is 2.03. The van der Waals surface area contributed by atoms with Gasteiger partial charge in [0.1, 0.15) is 0 Å². The van der Waals surface area contributed by atoms with Gasteiger partial charge in [-0.1, -0.05) is 29.3 Å². The molecule has 0 amide bonds. The summed E-state index contributed by atoms with van der Waals surface area (Å²) in [5.74, 6) is 0. The second kappa shape index (κ2) is 7.81. The van der Waals surface area contributed by atoms with Crippen LogP contribution in [0.15, 0.2) is 24.4 Å². The Balaban J connectivity index is 1.75. The molecular weight excluding hydrogens is 339 g/mol. The first-order valence-corrected chi connectivity index (χ1v) is 8.12. The van der Waals surface area contributed by atoms with E-state index in [1.807, 2.05) is 42.9 Å². The lowest BCUT2D eigenvalue weighted by Gasteiger charge is -2.12. The normalized spacial score (nSPS) is 10.5. The number of hydrogen-bond donors (Lipinski definition) is 2. The van der Waals surface area contributed by atoms with Gasteiger partial charge in [-0.2, -0.15) is 5.10 Å². The van der Waals surface area contributed by atoms with Gasteiger partial charge in [0.15, 0.2) is 5.11 Å². The molecular formula is C15H18Cl2N4S. The molecule has 0 saturated carbocycles. The highest BCUT2D eigenvalue weighted by atomic mass is 35.5. The maximum absolute atomic E-state index is 5.99. The standard InChI is InChI=1S/C15H18Cl2N4S/c1-10-4-5-12(16)8-14(10)19-15(22)18-6-3-7-21-9-13(17)11(2)20-21/h4-5,8-9H,3,6-7H2,1-2H3,(H2,18,19,22). The van der Waals surface area contributed by atoms with E-state index < -0.39 is 0 Å². The van der Waals surface area contributed by atoms with E-state index in [0.29, 0.717) is 15.2 Å². The Labute approximate surface area is 145 Å². The molecule has 0 bridgehead atoms. The van der Waals surface area contributed by atoms with E-state index >= 15 is 0 Å². The number of nitrogens with zero attached hydrogens (tertiary/aromatic N) is 2. The molecule has 1 aromatic heterocycles. The maximum Gasteiger partial charge on any atom is 0.170 e. The molecule has 0 spiro atoms. The summed E-state index contributed by atoms with van der Waals surface area (Å²) in [5, 5.41) is 12.6. The number of rotatable bonds is 5. The topological polar surface area (TPSA) is 41.9 Å². The van der Waals surface area contributed by atoms with Crippen LogP contribution in [0.5, 0.6) is 0 Å². The van der Waals surface area contributed by atoms with Crippen molar-refractivity contribution < 1.29 is 0 Å². The van der Waals surface area contributed by atoms with Crippen LogP contribution < -0.4 is 10.6 Å². The molecule has 118 valence electrons. The van der Waals surface area contributed by atoms with E-state index in [4.69, 9.17) is 35.4 Å². The van der Waals surface area contributed by atoms with Gasteiger partial charge in [0, 0.05) is 30.0 Å². The minimum Gasteiger partial charge on any atom is -0.362 e. The largest absolute Gasteiger partial charge is 0.362 e. The van der Waals surface area contributed by atoms with E-state index in [1.54, 1.807) is 0 Å². The molecule has 0 saturated heterocycles. The number of anilines is 1. The summed E-state index contributed by atoms with van der Waals surface area (Å²) in [6.45, 7) is 5.44. The Morgan fingerprint density at radius 2 is 2.09 bits per heavy atom. The first-order chi connectivity index (χ1) is 10.5. The molecule has 2 aromatic rings. The Morgan fingerprint density at radius 3 is 2.77 bits per heavy atom. The van der Waals surface area contributed by atoms with Gasteiger partial charge < -0.3 is 10.6 Å². The molecule has 2 rings (SSSR count). The van der Waals surface area contributed by atoms with Gasteiger partial charge >= 0.3 is 0 Å². The fourth-order valence-corrected chi connectivity index (χ4v) is 2.48. The highest BCUT2D eigenvalue weighted by molar-refractivity contribution is 7.80. The lowest BCUT2D eigenvalue weighted by molar-refractivity contribution is 0.570. The van der Waals surface area contributed by atoms with Crippen LogP contribution in [0.25, 0.3) is 0 Å². The van der Waals surface area contributed by atoms with Gasteiger partial charge in [-0.15, -0.1) is 0 Å². The number of benzene rings is 1. The Bertz CT molecular complexity index is 650. The molecule has 2 N–H and O–H groups in total. The van der Waals surface area contributed by atoms with Crippen molar-refractivity contribution in [1.29, 1.82) is 0 Å². The molecule has 4 nitrogen and oxygen atoms in total. The summed E-state index contributed by atoms with van der Waals surface area (Å²) < 4.78 is 1.84. The summed E-state index contributed by atoms with van der Waals surface area (Å²) in [4.78, 5) is 0. The van der Waals surface area contributed by atoms with Crippen molar-refractivity contribution in [2.75, 3.05) is 11.9 Å². The number of hydrogen-bond acceptors (Lipinski definition) is 2. The van der Waals surface area contributed by atoms with Crippen molar-refractivity contribution in [2.24, 2.45) is 0 Å². The zero-order chi connectivity index (χ0) is 16.1. The van der Waals surface area contributed by atoms with Gasteiger partial charge in [0.2, 0.25) is 0 Å². The highest BCUT2D eigenvalue weighted by Crippen LogP contribution is 2.19. The van der Waals surface area contributed by atoms with Crippen molar-refractivity contribution in [1.82, 2.24) is 15.1 Å². The van der Waals surface area contributed by atoms with E-state index in [9.17, 15) is 0 Å². The molecule has 0 unspecified atom stereocenters. The molecule has 0 aliphatic rings. The second-order valence-electron chi connectivity index (χ2n) is 5.02. The summed E-state index contributed by atoms with van der Waals surface area (Å²) in [5.41, 5.74) is 2.86. The van der Waals surface area contributed by atoms with E-state index in [-0.39, 0.29) is 0 Å². The fraction of sp³-hybridized carbons (Fsp3) is 0.333. The number of thiocarbonyl (C=S) groups is 1. The summed E-state index contributed by atoms with van der Waals surface area (Å²) in [7, 11) is 0. The molecule has 0 aliphatic heterocycles. The third kappa shape index (κ3) is 4.87. The fourth-order valence-electron chi connectivity index (χ4n) is 1.95. The zero-order valence-electron chi connectivity index (χ0n) is 12.5. The average Bonchev–Trinajstić information content (AvgIpc) is 2.78. The third-order valence-corrected chi connectivity index (χ3v) is 4.04. The van der Waals surface area contributed by atoms with Crippen molar-refractivity contribution >= 4 is 46.2 Å². The smallest absolute Gasteiger partial charge is 0.170 e. The van der Waals surface area contributed by atoms with Crippen molar-refractivity contribution in [2.45, 2.75) is 26.8 Å². The van der Waals surface area contributed by atoms with E-state index in [0.717, 1.165) is 36.5 Å². The summed E-state index contributed by atoms with van der Waals surface area (Å²) in [6, 6.07) is 5.67. The minimum atomic E-state index is 0.583. The Morgan fingerprint density at radius 1 is 1.32 bits per heavy atom. The van der Waals surface area contributed by atoms with Gasteiger partial charge in [0.25, 0.3) is 0 Å². The van der Waals surface area contributed by atoms with Gasteiger partial charge in [-0.3, -0.25) is 4.68 Å². The third-order valence-electron chi connectivity index (χ3n) is 3.18. The van der Waals surface area contributed by atoms with E-state index in [2.05, 4.69) is 15.7 Å². The molecule has 0 atom stereocenters. The van der Waals surface area contributed by atoms with Crippen LogP contribution in [0.3, 0.4) is 0 Å². The molecule has 7 heteroatoms. The van der Waals surface area contributed by atoms with E-state index in [1.165, 1.54) is 0 Å². The number of aromatic nitrogens is 2. The van der Waals surface area contributed by atoms with Gasteiger partial charge in [0.05, 0.1) is 10.7 Å². The quantitative estimate of drug-likeness (QED) is 0.622. The predicted molar refractivity (Wildman–Crippen MR) is 97.0 cm³/mol. The zero-order valence-corrected chi connectivity index (χ0v) is 14.8. The molecule has 0 aliphatic carbocycles. The molecule has 0 radical (unpaired) electrons. The van der Waals surface area contributed by atoms with Crippen LogP contribution in [-0.2, 0) is 6.54 Å². The van der Waals surface area contributed by atoms with Crippen LogP contribution in [0, 0.1) is 13.8 Å². The van der Waals surface area contributed by atoms with Crippen molar-refractivity contribution in [3.05, 3.63) is 45.7 Å². The van der Waals surface area contributed by atoms with Crippen LogP contribution in [0.2, 0.25) is 10.0 Å². The van der Waals surface area contributed by atoms with Gasteiger partial charge in [-0.05, 0) is 50.2 Å². The lowest BCUT2D eigenvalue weighted by Crippen LogP contribution is -2.30. The van der Waals surface area contributed by atoms with Crippen molar-refractivity contribution in [3.8, 4) is 0 Å². The molecule has 1 aromatic carbocycles. The summed E-state index contributed by atoms with van der Waals surface area (Å²) >= 11 is 17.2. The van der Waals surface area contributed by atoms with Crippen LogP contribution in [-0.4, -0.2) is 21.4 Å². The first-order valence-electron chi connectivity index (χ1n) is 6.96. The number of aryl methyl sites for hydroxylation is 3. The minimum absolute atomic E-state index is 0.583. The van der Waals surface area contributed by atoms with Crippen LogP contribution in [0.4, 0.5) is 5.69 Å². The predicted octanol–water partition coefficient (Wildman–Crippen LogP) is 4.18. The Hall–Kier alpha value is -1.30. The SMILES string of the molecule is Cc1ccc(Cl)cc1NC(=S)NCCCn1cc(Cl)c(C)n1. The van der Waals surface area contributed by atoms with Crippen molar-refractivity contribution in [3.63, 3.8) is 0 Å². The van der Waals surface area contributed by atoms with Crippen LogP contribution >= 0.6 is 35.4 Å².